The van der Waals surface area contributed by atoms with E-state index in [2.05, 4.69) is 10.3 Å². The Morgan fingerprint density at radius 3 is 2.61 bits per heavy atom. The average molecular weight is 275 g/mol. The molecule has 0 aliphatic rings. The molecule has 1 aromatic carbocycles. The van der Waals surface area contributed by atoms with Crippen LogP contribution in [0, 0.1) is 0 Å². The normalized spacial score (nSPS) is 11.6. The van der Waals surface area contributed by atoms with Gasteiger partial charge in [0.2, 0.25) is 0 Å². The Bertz CT molecular complexity index is 521. The third kappa shape index (κ3) is 2.98. The summed E-state index contributed by atoms with van der Waals surface area (Å²) in [6.07, 6.45) is -2.72. The molecular weight excluding hydrogens is 265 g/mol. The van der Waals surface area contributed by atoms with Crippen molar-refractivity contribution in [2.75, 3.05) is 5.32 Å². The highest BCUT2D eigenvalue weighted by Gasteiger charge is 2.33. The molecule has 0 unspecified atom stereocenters. The summed E-state index contributed by atoms with van der Waals surface area (Å²) in [6.45, 7) is 0.289. The van der Waals surface area contributed by atoms with Crippen molar-refractivity contribution in [2.45, 2.75) is 12.7 Å². The fourth-order valence-electron chi connectivity index (χ4n) is 1.57. The first-order valence-corrected chi connectivity index (χ1v) is 5.57. The maximum absolute atomic E-state index is 12.8. The van der Waals surface area contributed by atoms with Gasteiger partial charge in [0.05, 0.1) is 12.1 Å². The van der Waals surface area contributed by atoms with Crippen LogP contribution >= 0.6 is 11.6 Å². The lowest BCUT2D eigenvalue weighted by Crippen LogP contribution is -2.11. The minimum absolute atomic E-state index is 0.0153. The van der Waals surface area contributed by atoms with Crippen molar-refractivity contribution in [3.8, 4) is 0 Å². The van der Waals surface area contributed by atoms with E-state index in [1.165, 1.54) is 12.1 Å². The van der Waals surface area contributed by atoms with E-state index in [4.69, 9.17) is 11.6 Å². The van der Waals surface area contributed by atoms with Crippen molar-refractivity contribution in [3.05, 3.63) is 52.8 Å². The summed E-state index contributed by atoms with van der Waals surface area (Å²) in [7, 11) is 0. The van der Waals surface area contributed by atoms with E-state index in [1.54, 1.807) is 18.3 Å². The highest BCUT2D eigenvalue weighted by molar-refractivity contribution is 6.30. The molecule has 2 aromatic rings. The van der Waals surface area contributed by atoms with Gasteiger partial charge in [-0.25, -0.2) is 0 Å². The molecule has 0 fully saturated rings. The van der Waals surface area contributed by atoms with Crippen molar-refractivity contribution in [2.24, 2.45) is 0 Å². The van der Waals surface area contributed by atoms with Crippen LogP contribution in [0.1, 0.15) is 11.3 Å². The largest absolute Gasteiger partial charge is 0.418 e. The van der Waals surface area contributed by atoms with Gasteiger partial charge in [0.25, 0.3) is 0 Å². The van der Waals surface area contributed by atoms with E-state index in [0.29, 0.717) is 0 Å². The summed E-state index contributed by atoms with van der Waals surface area (Å²) in [6, 6.07) is 7.24. The van der Waals surface area contributed by atoms with Gasteiger partial charge in [-0.2, -0.15) is 13.2 Å². The molecule has 0 amide bonds. The van der Waals surface area contributed by atoms with E-state index < -0.39 is 11.7 Å². The Hall–Kier alpha value is -1.62. The third-order valence-electron chi connectivity index (χ3n) is 2.42. The quantitative estimate of drug-likeness (QED) is 0.858. The van der Waals surface area contributed by atoms with E-state index in [9.17, 15) is 13.2 Å². The average Bonchev–Trinajstić information content (AvgIpc) is 2.79. The van der Waals surface area contributed by atoms with Crippen molar-refractivity contribution >= 4 is 17.3 Å². The molecular formula is C12H10ClF3N2. The van der Waals surface area contributed by atoms with Crippen molar-refractivity contribution in [3.63, 3.8) is 0 Å². The van der Waals surface area contributed by atoms with Gasteiger partial charge >= 0.3 is 6.18 Å². The number of hydrogen-bond donors (Lipinski definition) is 2. The van der Waals surface area contributed by atoms with Crippen molar-refractivity contribution < 1.29 is 13.2 Å². The minimum Gasteiger partial charge on any atom is -0.379 e. The molecule has 96 valence electrons. The number of halogens is 4. The van der Waals surface area contributed by atoms with E-state index in [0.717, 1.165) is 11.8 Å². The first kappa shape index (κ1) is 12.8. The molecule has 6 heteroatoms. The fourth-order valence-corrected chi connectivity index (χ4v) is 1.75. The van der Waals surface area contributed by atoms with Crippen LogP contribution in [0.15, 0.2) is 36.5 Å². The molecule has 0 bridgehead atoms. The van der Waals surface area contributed by atoms with Gasteiger partial charge in [0, 0.05) is 22.6 Å². The fraction of sp³-hybridized carbons (Fsp3) is 0.167. The Kier molecular flexibility index (Phi) is 3.52. The van der Waals surface area contributed by atoms with E-state index in [-0.39, 0.29) is 17.3 Å². The van der Waals surface area contributed by atoms with Crippen molar-refractivity contribution in [1.82, 2.24) is 4.98 Å². The predicted octanol–water partition coefficient (Wildman–Crippen LogP) is 4.30. The first-order valence-electron chi connectivity index (χ1n) is 5.20. The zero-order chi connectivity index (χ0) is 13.2. The van der Waals surface area contributed by atoms with Gasteiger partial charge in [-0.15, -0.1) is 0 Å². The van der Waals surface area contributed by atoms with Crippen LogP contribution in [0.5, 0.6) is 0 Å². The van der Waals surface area contributed by atoms with Gasteiger partial charge in [0.1, 0.15) is 0 Å². The van der Waals surface area contributed by atoms with Crippen LogP contribution < -0.4 is 5.32 Å². The molecule has 0 radical (unpaired) electrons. The highest BCUT2D eigenvalue weighted by atomic mass is 35.5. The molecule has 2 rings (SSSR count). The summed E-state index contributed by atoms with van der Waals surface area (Å²) < 4.78 is 38.4. The van der Waals surface area contributed by atoms with Crippen molar-refractivity contribution in [1.29, 1.82) is 0 Å². The van der Waals surface area contributed by atoms with Crippen LogP contribution in [0.25, 0.3) is 0 Å². The van der Waals surface area contributed by atoms with Crippen LogP contribution in [0.3, 0.4) is 0 Å². The molecule has 0 aliphatic carbocycles. The number of H-pyrrole nitrogens is 1. The smallest absolute Gasteiger partial charge is 0.379 e. The summed E-state index contributed by atoms with van der Waals surface area (Å²) >= 11 is 5.59. The summed E-state index contributed by atoms with van der Waals surface area (Å²) in [5, 5.41) is 2.80. The molecule has 2 nitrogen and oxygen atoms in total. The summed E-state index contributed by atoms with van der Waals surface area (Å²) in [5.74, 6) is 0. The molecule has 1 aromatic heterocycles. The Labute approximate surface area is 107 Å². The number of nitrogens with one attached hydrogen (secondary N) is 2. The topological polar surface area (TPSA) is 27.8 Å². The maximum atomic E-state index is 12.8. The molecule has 2 N–H and O–H groups in total. The number of rotatable bonds is 3. The van der Waals surface area contributed by atoms with Crippen LogP contribution in [0.4, 0.5) is 18.9 Å². The third-order valence-corrected chi connectivity index (χ3v) is 2.65. The van der Waals surface area contributed by atoms with Crippen LogP contribution in [-0.4, -0.2) is 4.98 Å². The minimum atomic E-state index is -4.43. The number of alkyl halides is 3. The van der Waals surface area contributed by atoms with Gasteiger partial charge in [-0.1, -0.05) is 11.6 Å². The molecule has 0 saturated heterocycles. The highest BCUT2D eigenvalue weighted by Crippen LogP contribution is 2.36. The molecule has 18 heavy (non-hydrogen) atoms. The SMILES string of the molecule is FC(F)(F)c1cc(Cl)ccc1NCc1ccc[nH]1. The summed E-state index contributed by atoms with van der Waals surface area (Å²) in [4.78, 5) is 2.91. The van der Waals surface area contributed by atoms with Gasteiger partial charge < -0.3 is 10.3 Å². The van der Waals surface area contributed by atoms with Gasteiger partial charge in [0.15, 0.2) is 0 Å². The number of anilines is 1. The number of benzene rings is 1. The lowest BCUT2D eigenvalue weighted by atomic mass is 10.1. The Morgan fingerprint density at radius 2 is 2.00 bits per heavy atom. The number of aromatic amines is 1. The second-order valence-electron chi connectivity index (χ2n) is 3.74. The van der Waals surface area contributed by atoms with Gasteiger partial charge in [-0.3, -0.25) is 0 Å². The van der Waals surface area contributed by atoms with Gasteiger partial charge in [-0.05, 0) is 30.3 Å². The zero-order valence-electron chi connectivity index (χ0n) is 9.18. The standard InChI is InChI=1S/C12H10ClF3N2/c13-8-3-4-11(10(6-8)12(14,15)16)18-7-9-2-1-5-17-9/h1-6,17-18H,7H2. The van der Waals surface area contributed by atoms with Crippen LogP contribution in [-0.2, 0) is 12.7 Å². The van der Waals surface area contributed by atoms with E-state index >= 15 is 0 Å². The Morgan fingerprint density at radius 1 is 1.22 bits per heavy atom. The van der Waals surface area contributed by atoms with Crippen LogP contribution in [0.2, 0.25) is 5.02 Å². The maximum Gasteiger partial charge on any atom is 0.418 e. The second-order valence-corrected chi connectivity index (χ2v) is 4.17. The molecule has 0 atom stereocenters. The Balaban J connectivity index is 2.22. The monoisotopic (exact) mass is 274 g/mol. The molecule has 0 saturated carbocycles. The molecule has 0 spiro atoms. The summed E-state index contributed by atoms with van der Waals surface area (Å²) in [5.41, 5.74) is 0.0566. The predicted molar refractivity (Wildman–Crippen MR) is 64.6 cm³/mol. The number of hydrogen-bond acceptors (Lipinski definition) is 1. The molecule has 1 heterocycles. The number of aromatic nitrogens is 1. The van der Waals surface area contributed by atoms with E-state index in [1.807, 2.05) is 0 Å². The first-order chi connectivity index (χ1) is 8.47. The lowest BCUT2D eigenvalue weighted by Gasteiger charge is -2.14. The zero-order valence-corrected chi connectivity index (χ0v) is 9.94. The lowest BCUT2D eigenvalue weighted by molar-refractivity contribution is -0.136. The second kappa shape index (κ2) is 4.94. The molecule has 0 aliphatic heterocycles.